The molecular weight excluding hydrogens is 267 g/mol. The Labute approximate surface area is 115 Å². The molecule has 7 heteroatoms. The number of likely N-dealkylation sites (N-methyl/N-ethyl adjacent to an activating group) is 1. The van der Waals surface area contributed by atoms with E-state index in [1.807, 2.05) is 0 Å². The number of ether oxygens (including phenoxy) is 1. The van der Waals surface area contributed by atoms with Crippen molar-refractivity contribution in [2.75, 3.05) is 25.6 Å². The summed E-state index contributed by atoms with van der Waals surface area (Å²) in [5.41, 5.74) is 0.0511. The van der Waals surface area contributed by atoms with Crippen LogP contribution in [0.2, 0.25) is 0 Å². The summed E-state index contributed by atoms with van der Waals surface area (Å²) in [6.45, 7) is 0.218. The van der Waals surface area contributed by atoms with Gasteiger partial charge in [0.2, 0.25) is 0 Å². The number of hydrogen-bond acceptors (Lipinski definition) is 3. The summed E-state index contributed by atoms with van der Waals surface area (Å²) in [4.78, 5) is 24.3. The van der Waals surface area contributed by atoms with Crippen LogP contribution in [0, 0.1) is 11.7 Å². The first-order chi connectivity index (χ1) is 9.50. The van der Waals surface area contributed by atoms with Gasteiger partial charge in [-0.05, 0) is 12.1 Å². The summed E-state index contributed by atoms with van der Waals surface area (Å²) in [6.07, 6.45) is 0. The first-order valence-corrected chi connectivity index (χ1v) is 6.09. The Bertz CT molecular complexity index is 523. The van der Waals surface area contributed by atoms with Crippen LogP contribution in [-0.2, 0) is 9.53 Å². The maximum atomic E-state index is 13.4. The highest BCUT2D eigenvalue weighted by atomic mass is 19.1. The van der Waals surface area contributed by atoms with Gasteiger partial charge in [0.15, 0.2) is 0 Å². The van der Waals surface area contributed by atoms with E-state index in [0.717, 1.165) is 0 Å². The Morgan fingerprint density at radius 3 is 2.75 bits per heavy atom. The van der Waals surface area contributed by atoms with E-state index in [9.17, 15) is 14.0 Å². The molecule has 2 N–H and O–H groups in total. The average Bonchev–Trinajstić information content (AvgIpc) is 2.89. The maximum Gasteiger partial charge on any atom is 0.322 e. The number of rotatable bonds is 3. The van der Waals surface area contributed by atoms with Gasteiger partial charge in [-0.1, -0.05) is 12.1 Å². The number of urea groups is 1. The van der Waals surface area contributed by atoms with Crippen LogP contribution in [0.3, 0.4) is 0 Å². The zero-order chi connectivity index (χ0) is 14.7. The number of carboxylic acid groups (broad SMARTS) is 1. The molecule has 0 aromatic heterocycles. The van der Waals surface area contributed by atoms with Gasteiger partial charge in [0.1, 0.15) is 11.7 Å². The summed E-state index contributed by atoms with van der Waals surface area (Å²) in [6, 6.07) is 4.63. The highest BCUT2D eigenvalue weighted by Gasteiger charge is 2.38. The Balaban J connectivity index is 2.05. The van der Waals surface area contributed by atoms with Gasteiger partial charge in [0.05, 0.1) is 24.9 Å². The SMILES string of the molecule is CN(C(=O)Nc1ccccc1F)C1COCC1C(=O)O. The lowest BCUT2D eigenvalue weighted by molar-refractivity contribution is -0.142. The smallest absolute Gasteiger partial charge is 0.322 e. The number of benzene rings is 1. The van der Waals surface area contributed by atoms with Gasteiger partial charge in [-0.25, -0.2) is 9.18 Å². The minimum atomic E-state index is -1.02. The molecule has 1 heterocycles. The number of nitrogens with zero attached hydrogens (tertiary/aromatic N) is 1. The maximum absolute atomic E-state index is 13.4. The van der Waals surface area contributed by atoms with E-state index in [0.29, 0.717) is 0 Å². The summed E-state index contributed by atoms with van der Waals surface area (Å²) in [5, 5.41) is 11.5. The van der Waals surface area contributed by atoms with Gasteiger partial charge in [0.25, 0.3) is 0 Å². The molecule has 1 aromatic rings. The van der Waals surface area contributed by atoms with Crippen molar-refractivity contribution in [2.45, 2.75) is 6.04 Å². The lowest BCUT2D eigenvalue weighted by Crippen LogP contribution is -2.46. The second-order valence-corrected chi connectivity index (χ2v) is 4.57. The molecule has 1 aliphatic heterocycles. The van der Waals surface area contributed by atoms with Gasteiger partial charge < -0.3 is 20.1 Å². The summed E-state index contributed by atoms with van der Waals surface area (Å²) >= 11 is 0. The fourth-order valence-electron chi connectivity index (χ4n) is 2.08. The molecular formula is C13H15FN2O4. The quantitative estimate of drug-likeness (QED) is 0.878. The van der Waals surface area contributed by atoms with Crippen LogP contribution < -0.4 is 5.32 Å². The van der Waals surface area contributed by atoms with E-state index in [2.05, 4.69) is 5.32 Å². The van der Waals surface area contributed by atoms with E-state index in [1.165, 1.54) is 30.1 Å². The molecule has 2 amide bonds. The number of nitrogens with one attached hydrogen (secondary N) is 1. The molecule has 2 rings (SSSR count). The molecule has 1 aliphatic rings. The Morgan fingerprint density at radius 2 is 2.10 bits per heavy atom. The van der Waals surface area contributed by atoms with Gasteiger partial charge in [-0.15, -0.1) is 0 Å². The third-order valence-corrected chi connectivity index (χ3v) is 3.30. The van der Waals surface area contributed by atoms with Crippen molar-refractivity contribution in [3.05, 3.63) is 30.1 Å². The van der Waals surface area contributed by atoms with Crippen molar-refractivity contribution >= 4 is 17.7 Å². The van der Waals surface area contributed by atoms with Crippen molar-refractivity contribution in [3.8, 4) is 0 Å². The zero-order valence-corrected chi connectivity index (χ0v) is 10.9. The predicted molar refractivity (Wildman–Crippen MR) is 68.9 cm³/mol. The van der Waals surface area contributed by atoms with E-state index >= 15 is 0 Å². The number of halogens is 1. The van der Waals surface area contributed by atoms with Crippen molar-refractivity contribution < 1.29 is 23.8 Å². The second-order valence-electron chi connectivity index (χ2n) is 4.57. The van der Waals surface area contributed by atoms with Crippen LogP contribution in [0.5, 0.6) is 0 Å². The molecule has 1 fully saturated rings. The summed E-state index contributed by atoms with van der Waals surface area (Å²) in [7, 11) is 1.46. The van der Waals surface area contributed by atoms with Crippen molar-refractivity contribution in [3.63, 3.8) is 0 Å². The lowest BCUT2D eigenvalue weighted by Gasteiger charge is -2.26. The third-order valence-electron chi connectivity index (χ3n) is 3.30. The minimum absolute atomic E-state index is 0.0511. The number of carbonyl (C=O) groups is 2. The summed E-state index contributed by atoms with van der Waals surface area (Å²) in [5.74, 6) is -2.34. The third kappa shape index (κ3) is 2.88. The van der Waals surface area contributed by atoms with E-state index in [4.69, 9.17) is 9.84 Å². The van der Waals surface area contributed by atoms with Crippen LogP contribution >= 0.6 is 0 Å². The topological polar surface area (TPSA) is 78.9 Å². The van der Waals surface area contributed by atoms with Gasteiger partial charge in [-0.3, -0.25) is 4.79 Å². The van der Waals surface area contributed by atoms with Crippen LogP contribution in [0.4, 0.5) is 14.9 Å². The molecule has 0 aliphatic carbocycles. The van der Waals surface area contributed by atoms with Crippen LogP contribution in [-0.4, -0.2) is 48.3 Å². The fraction of sp³-hybridized carbons (Fsp3) is 0.385. The standard InChI is InChI=1S/C13H15FN2O4/c1-16(11-7-20-6-8(11)12(17)18)13(19)15-10-5-3-2-4-9(10)14/h2-5,8,11H,6-7H2,1H3,(H,15,19)(H,17,18). The Morgan fingerprint density at radius 1 is 1.40 bits per heavy atom. The van der Waals surface area contributed by atoms with Crippen molar-refractivity contribution in [2.24, 2.45) is 5.92 Å². The fourth-order valence-corrected chi connectivity index (χ4v) is 2.08. The zero-order valence-electron chi connectivity index (χ0n) is 10.9. The summed E-state index contributed by atoms with van der Waals surface area (Å²) < 4.78 is 18.5. The van der Waals surface area contributed by atoms with Gasteiger partial charge in [-0.2, -0.15) is 0 Å². The first kappa shape index (κ1) is 14.3. The monoisotopic (exact) mass is 282 g/mol. The Hall–Kier alpha value is -2.15. The Kier molecular flexibility index (Phi) is 4.19. The van der Waals surface area contributed by atoms with Crippen LogP contribution in [0.25, 0.3) is 0 Å². The largest absolute Gasteiger partial charge is 0.481 e. The van der Waals surface area contributed by atoms with E-state index < -0.39 is 29.8 Å². The molecule has 0 saturated carbocycles. The van der Waals surface area contributed by atoms with Crippen LogP contribution in [0.15, 0.2) is 24.3 Å². The molecule has 108 valence electrons. The van der Waals surface area contributed by atoms with Crippen molar-refractivity contribution in [1.82, 2.24) is 4.90 Å². The minimum Gasteiger partial charge on any atom is -0.481 e. The molecule has 6 nitrogen and oxygen atoms in total. The molecule has 0 radical (unpaired) electrons. The number of amides is 2. The second kappa shape index (κ2) is 5.87. The number of para-hydroxylation sites is 1. The molecule has 2 unspecified atom stereocenters. The number of anilines is 1. The highest BCUT2D eigenvalue weighted by Crippen LogP contribution is 2.20. The lowest BCUT2D eigenvalue weighted by atomic mass is 10.0. The number of carboxylic acids is 1. The van der Waals surface area contributed by atoms with Crippen LogP contribution in [0.1, 0.15) is 0 Å². The predicted octanol–water partition coefficient (Wildman–Crippen LogP) is 1.39. The molecule has 20 heavy (non-hydrogen) atoms. The molecule has 0 bridgehead atoms. The van der Waals surface area contributed by atoms with Gasteiger partial charge in [0, 0.05) is 7.05 Å². The molecule has 1 saturated heterocycles. The van der Waals surface area contributed by atoms with E-state index in [-0.39, 0.29) is 18.9 Å². The molecule has 2 atom stereocenters. The van der Waals surface area contributed by atoms with Gasteiger partial charge >= 0.3 is 12.0 Å². The number of carbonyl (C=O) groups excluding carboxylic acids is 1. The molecule has 0 spiro atoms. The van der Waals surface area contributed by atoms with E-state index in [1.54, 1.807) is 6.07 Å². The number of aliphatic carboxylic acids is 1. The first-order valence-electron chi connectivity index (χ1n) is 6.09. The molecule has 1 aromatic carbocycles. The van der Waals surface area contributed by atoms with Crippen molar-refractivity contribution in [1.29, 1.82) is 0 Å². The number of hydrogen-bond donors (Lipinski definition) is 2. The highest BCUT2D eigenvalue weighted by molar-refractivity contribution is 5.90. The average molecular weight is 282 g/mol. The normalized spacial score (nSPS) is 21.5.